The summed E-state index contributed by atoms with van der Waals surface area (Å²) in [7, 11) is -3.70. The van der Waals surface area contributed by atoms with Gasteiger partial charge in [0.1, 0.15) is 5.82 Å². The van der Waals surface area contributed by atoms with Crippen molar-refractivity contribution in [3.05, 3.63) is 59.4 Å². The van der Waals surface area contributed by atoms with Gasteiger partial charge in [-0.05, 0) is 74.6 Å². The number of nitrogens with one attached hydrogen (secondary N) is 1. The van der Waals surface area contributed by atoms with Crippen LogP contribution in [0.2, 0.25) is 0 Å². The van der Waals surface area contributed by atoms with Gasteiger partial charge in [0.25, 0.3) is 0 Å². The van der Waals surface area contributed by atoms with E-state index in [2.05, 4.69) is 9.62 Å². The van der Waals surface area contributed by atoms with Crippen LogP contribution in [0.5, 0.6) is 0 Å². The Balaban J connectivity index is 1.72. The van der Waals surface area contributed by atoms with Crippen molar-refractivity contribution in [1.82, 2.24) is 4.72 Å². The van der Waals surface area contributed by atoms with Crippen LogP contribution in [-0.4, -0.2) is 21.5 Å². The summed E-state index contributed by atoms with van der Waals surface area (Å²) in [6.45, 7) is 5.51. The average molecular weight is 376 g/mol. The Morgan fingerprint density at radius 1 is 1.04 bits per heavy atom. The molecule has 0 saturated carbocycles. The van der Waals surface area contributed by atoms with Crippen molar-refractivity contribution in [2.75, 3.05) is 18.0 Å². The lowest BCUT2D eigenvalue weighted by molar-refractivity contribution is 0.565. The first-order valence-corrected chi connectivity index (χ1v) is 10.5. The normalized spacial score (nSPS) is 16.5. The quantitative estimate of drug-likeness (QED) is 0.852. The van der Waals surface area contributed by atoms with Gasteiger partial charge in [-0.15, -0.1) is 0 Å². The number of aryl methyl sites for hydroxylation is 1. The number of sulfonamides is 1. The maximum Gasteiger partial charge on any atom is 0.241 e. The van der Waals surface area contributed by atoms with Gasteiger partial charge in [0.05, 0.1) is 4.90 Å². The number of rotatable bonds is 5. The maximum absolute atomic E-state index is 13.4. The summed E-state index contributed by atoms with van der Waals surface area (Å²) in [6.07, 6.45) is 3.72. The summed E-state index contributed by atoms with van der Waals surface area (Å²) in [5, 5.41) is 0. The van der Waals surface area contributed by atoms with Crippen LogP contribution in [0.4, 0.5) is 10.1 Å². The molecule has 4 nitrogen and oxygen atoms in total. The second kappa shape index (κ2) is 7.76. The molecule has 1 saturated heterocycles. The molecule has 1 fully saturated rings. The molecule has 6 heteroatoms. The zero-order valence-electron chi connectivity index (χ0n) is 15.2. The SMILES string of the molecule is Cc1cc(S(=O)(=O)N[C@H](C)c2ccc(N3CCCCC3)cc2)ccc1F. The number of benzene rings is 2. The largest absolute Gasteiger partial charge is 0.372 e. The third kappa shape index (κ3) is 4.24. The first kappa shape index (κ1) is 18.9. The van der Waals surface area contributed by atoms with Crippen molar-refractivity contribution in [3.63, 3.8) is 0 Å². The van der Waals surface area contributed by atoms with Crippen molar-refractivity contribution >= 4 is 15.7 Å². The van der Waals surface area contributed by atoms with E-state index in [1.165, 1.54) is 43.1 Å². The van der Waals surface area contributed by atoms with E-state index < -0.39 is 15.8 Å². The Morgan fingerprint density at radius 2 is 1.69 bits per heavy atom. The van der Waals surface area contributed by atoms with Gasteiger partial charge in [-0.3, -0.25) is 0 Å². The minimum absolute atomic E-state index is 0.0770. The van der Waals surface area contributed by atoms with Crippen LogP contribution in [-0.2, 0) is 10.0 Å². The number of anilines is 1. The monoisotopic (exact) mass is 376 g/mol. The molecule has 1 N–H and O–H groups in total. The number of piperidine rings is 1. The minimum Gasteiger partial charge on any atom is -0.372 e. The zero-order valence-corrected chi connectivity index (χ0v) is 16.0. The Labute approximate surface area is 155 Å². The van der Waals surface area contributed by atoms with Crippen LogP contribution in [0.1, 0.15) is 43.4 Å². The molecule has 140 valence electrons. The van der Waals surface area contributed by atoms with Gasteiger partial charge in [0.2, 0.25) is 10.0 Å². The van der Waals surface area contributed by atoms with Crippen molar-refractivity contribution in [1.29, 1.82) is 0 Å². The van der Waals surface area contributed by atoms with E-state index in [1.54, 1.807) is 6.92 Å². The second-order valence-electron chi connectivity index (χ2n) is 6.89. The third-order valence-electron chi connectivity index (χ3n) is 4.89. The fourth-order valence-electron chi connectivity index (χ4n) is 3.28. The van der Waals surface area contributed by atoms with Crippen molar-refractivity contribution < 1.29 is 12.8 Å². The van der Waals surface area contributed by atoms with Gasteiger partial charge >= 0.3 is 0 Å². The maximum atomic E-state index is 13.4. The van der Waals surface area contributed by atoms with Gasteiger partial charge in [-0.25, -0.2) is 17.5 Å². The lowest BCUT2D eigenvalue weighted by atomic mass is 10.1. The molecule has 1 aliphatic heterocycles. The summed E-state index contributed by atoms with van der Waals surface area (Å²) in [6, 6.07) is 11.5. The summed E-state index contributed by atoms with van der Waals surface area (Å²) in [5.41, 5.74) is 2.39. The van der Waals surface area contributed by atoms with Crippen molar-refractivity contribution in [2.24, 2.45) is 0 Å². The van der Waals surface area contributed by atoms with Crippen LogP contribution in [0.15, 0.2) is 47.4 Å². The zero-order chi connectivity index (χ0) is 18.7. The summed E-state index contributed by atoms with van der Waals surface area (Å²) in [4.78, 5) is 2.44. The Kier molecular flexibility index (Phi) is 5.63. The Hall–Kier alpha value is -1.92. The summed E-state index contributed by atoms with van der Waals surface area (Å²) >= 11 is 0. The molecule has 26 heavy (non-hydrogen) atoms. The summed E-state index contributed by atoms with van der Waals surface area (Å²) in [5.74, 6) is -0.412. The molecular weight excluding hydrogens is 351 g/mol. The third-order valence-corrected chi connectivity index (χ3v) is 6.42. The minimum atomic E-state index is -3.70. The number of nitrogens with zero attached hydrogens (tertiary/aromatic N) is 1. The molecule has 0 bridgehead atoms. The topological polar surface area (TPSA) is 49.4 Å². The molecule has 0 unspecified atom stereocenters. The highest BCUT2D eigenvalue weighted by Crippen LogP contribution is 2.24. The van der Waals surface area contributed by atoms with E-state index in [0.717, 1.165) is 18.7 Å². The van der Waals surface area contributed by atoms with Gasteiger partial charge in [-0.2, -0.15) is 0 Å². The van der Waals surface area contributed by atoms with E-state index in [1.807, 2.05) is 31.2 Å². The molecule has 2 aromatic rings. The number of hydrogen-bond donors (Lipinski definition) is 1. The fourth-order valence-corrected chi connectivity index (χ4v) is 4.60. The highest BCUT2D eigenvalue weighted by atomic mass is 32.2. The van der Waals surface area contributed by atoms with E-state index >= 15 is 0 Å². The van der Waals surface area contributed by atoms with Crippen LogP contribution in [0, 0.1) is 12.7 Å². The van der Waals surface area contributed by atoms with Crippen LogP contribution in [0.3, 0.4) is 0 Å². The summed E-state index contributed by atoms with van der Waals surface area (Å²) < 4.78 is 41.2. The lowest BCUT2D eigenvalue weighted by Gasteiger charge is -2.29. The molecule has 3 rings (SSSR count). The number of hydrogen-bond acceptors (Lipinski definition) is 3. The highest BCUT2D eigenvalue weighted by Gasteiger charge is 2.19. The molecule has 0 aliphatic carbocycles. The van der Waals surface area contributed by atoms with Crippen LogP contribution < -0.4 is 9.62 Å². The predicted molar refractivity (Wildman–Crippen MR) is 102 cm³/mol. The fraction of sp³-hybridized carbons (Fsp3) is 0.400. The smallest absolute Gasteiger partial charge is 0.241 e. The molecule has 1 aliphatic rings. The van der Waals surface area contributed by atoms with Gasteiger partial charge in [0, 0.05) is 24.8 Å². The number of halogens is 1. The average Bonchev–Trinajstić information content (AvgIpc) is 2.64. The van der Waals surface area contributed by atoms with Crippen LogP contribution >= 0.6 is 0 Å². The van der Waals surface area contributed by atoms with E-state index in [-0.39, 0.29) is 10.9 Å². The molecule has 0 radical (unpaired) electrons. The molecule has 1 heterocycles. The molecule has 0 aromatic heterocycles. The molecule has 0 spiro atoms. The van der Waals surface area contributed by atoms with Crippen molar-refractivity contribution in [3.8, 4) is 0 Å². The molecule has 1 atom stereocenters. The highest BCUT2D eigenvalue weighted by molar-refractivity contribution is 7.89. The van der Waals surface area contributed by atoms with Gasteiger partial charge in [-0.1, -0.05) is 12.1 Å². The second-order valence-corrected chi connectivity index (χ2v) is 8.61. The Morgan fingerprint density at radius 3 is 2.31 bits per heavy atom. The first-order chi connectivity index (χ1) is 12.4. The lowest BCUT2D eigenvalue weighted by Crippen LogP contribution is -2.29. The predicted octanol–water partition coefficient (Wildman–Crippen LogP) is 4.16. The van der Waals surface area contributed by atoms with E-state index in [0.29, 0.717) is 5.56 Å². The van der Waals surface area contributed by atoms with Gasteiger partial charge in [0.15, 0.2) is 0 Å². The van der Waals surface area contributed by atoms with Crippen LogP contribution in [0.25, 0.3) is 0 Å². The van der Waals surface area contributed by atoms with E-state index in [9.17, 15) is 12.8 Å². The van der Waals surface area contributed by atoms with Gasteiger partial charge < -0.3 is 4.90 Å². The van der Waals surface area contributed by atoms with E-state index in [4.69, 9.17) is 0 Å². The first-order valence-electron chi connectivity index (χ1n) is 9.00. The standard InChI is InChI=1S/C20H25FN2O2S/c1-15-14-19(10-11-20(15)21)26(24,25)22-16(2)17-6-8-18(9-7-17)23-12-4-3-5-13-23/h6-11,14,16,22H,3-5,12-13H2,1-2H3/t16-/m1/s1. The van der Waals surface area contributed by atoms with Crippen molar-refractivity contribution in [2.45, 2.75) is 44.0 Å². The molecular formula is C20H25FN2O2S. The Bertz CT molecular complexity index is 860. The molecule has 2 aromatic carbocycles. The molecule has 0 amide bonds.